The fourth-order valence-electron chi connectivity index (χ4n) is 3.56. The largest absolute Gasteiger partial charge is 0.351 e. The molecule has 1 aliphatic heterocycles. The number of hydrogen-bond acceptors (Lipinski definition) is 3. The monoisotopic (exact) mass is 432 g/mol. The molecule has 7 heteroatoms. The molecule has 0 spiro atoms. The van der Waals surface area contributed by atoms with Gasteiger partial charge in [-0.15, -0.1) is 0 Å². The van der Waals surface area contributed by atoms with Gasteiger partial charge in [0, 0.05) is 18.1 Å². The molecule has 29 heavy (non-hydrogen) atoms. The molecule has 0 saturated carbocycles. The second-order valence-electron chi connectivity index (χ2n) is 7.50. The summed E-state index contributed by atoms with van der Waals surface area (Å²) < 4.78 is 28.2. The smallest absolute Gasteiger partial charge is 0.244 e. The summed E-state index contributed by atoms with van der Waals surface area (Å²) in [6.07, 6.45) is 0.476. The Balaban J connectivity index is 1.89. The van der Waals surface area contributed by atoms with Crippen LogP contribution in [0.15, 0.2) is 60.0 Å². The first-order chi connectivity index (χ1) is 13.7. The van der Waals surface area contributed by atoms with Crippen molar-refractivity contribution in [2.24, 2.45) is 5.92 Å². The molecule has 1 amide bonds. The minimum atomic E-state index is -3.84. The van der Waals surface area contributed by atoms with E-state index < -0.39 is 16.1 Å². The van der Waals surface area contributed by atoms with E-state index in [2.05, 4.69) is 11.9 Å². The Bertz CT molecular complexity index is 1020. The van der Waals surface area contributed by atoms with E-state index in [-0.39, 0.29) is 23.3 Å². The van der Waals surface area contributed by atoms with Crippen LogP contribution >= 0.6 is 11.6 Å². The van der Waals surface area contributed by atoms with Crippen LogP contribution in [0.4, 0.5) is 0 Å². The second-order valence-corrected chi connectivity index (χ2v) is 9.79. The average molecular weight is 433 g/mol. The predicted octanol–water partition coefficient (Wildman–Crippen LogP) is 4.09. The third kappa shape index (κ3) is 4.55. The molecule has 3 rings (SSSR count). The number of rotatable bonds is 5. The molecule has 0 fully saturated rings. The van der Waals surface area contributed by atoms with Crippen molar-refractivity contribution in [1.82, 2.24) is 9.62 Å². The van der Waals surface area contributed by atoms with Gasteiger partial charge in [-0.25, -0.2) is 8.42 Å². The lowest BCUT2D eigenvalue weighted by atomic mass is 10.0. The van der Waals surface area contributed by atoms with Gasteiger partial charge in [0.2, 0.25) is 15.9 Å². The van der Waals surface area contributed by atoms with Gasteiger partial charge in [0.15, 0.2) is 0 Å². The number of hydrogen-bond donors (Lipinski definition) is 1. The Hall–Kier alpha value is -2.15. The molecule has 0 saturated heterocycles. The summed E-state index contributed by atoms with van der Waals surface area (Å²) in [6.45, 7) is 8.27. The Kier molecular flexibility index (Phi) is 6.46. The maximum Gasteiger partial charge on any atom is 0.244 e. The maximum absolute atomic E-state index is 13.4. The van der Waals surface area contributed by atoms with Crippen molar-refractivity contribution in [3.8, 4) is 0 Å². The molecule has 5 nitrogen and oxygen atoms in total. The summed E-state index contributed by atoms with van der Waals surface area (Å²) in [5, 5.41) is 3.50. The number of benzene rings is 2. The van der Waals surface area contributed by atoms with Crippen LogP contribution in [0, 0.1) is 5.92 Å². The zero-order valence-electron chi connectivity index (χ0n) is 16.6. The van der Waals surface area contributed by atoms with Crippen molar-refractivity contribution >= 4 is 33.1 Å². The first-order valence-corrected chi connectivity index (χ1v) is 11.3. The third-order valence-electron chi connectivity index (χ3n) is 5.08. The molecule has 0 radical (unpaired) electrons. The summed E-state index contributed by atoms with van der Waals surface area (Å²) in [5.41, 5.74) is 2.28. The fraction of sp³-hybridized carbons (Fsp3) is 0.318. The molecule has 1 N–H and O–H groups in total. The lowest BCUT2D eigenvalue weighted by Gasteiger charge is -2.31. The van der Waals surface area contributed by atoms with E-state index in [0.717, 1.165) is 11.1 Å². The number of halogens is 1. The van der Waals surface area contributed by atoms with Gasteiger partial charge in [-0.1, -0.05) is 62.4 Å². The third-order valence-corrected chi connectivity index (χ3v) is 7.27. The molecule has 1 atom stereocenters. The number of sulfonamides is 1. The van der Waals surface area contributed by atoms with E-state index in [4.69, 9.17) is 11.6 Å². The highest BCUT2D eigenvalue weighted by atomic mass is 35.5. The van der Waals surface area contributed by atoms with E-state index >= 15 is 0 Å². The van der Waals surface area contributed by atoms with Crippen LogP contribution in [0.2, 0.25) is 5.02 Å². The first kappa shape index (κ1) is 21.6. The normalized spacial score (nSPS) is 17.4. The highest BCUT2D eigenvalue weighted by Gasteiger charge is 2.40. The van der Waals surface area contributed by atoms with Crippen LogP contribution < -0.4 is 5.32 Å². The van der Waals surface area contributed by atoms with Gasteiger partial charge in [-0.3, -0.25) is 4.79 Å². The fourth-order valence-corrected chi connectivity index (χ4v) is 5.65. The van der Waals surface area contributed by atoms with Crippen LogP contribution in [0.3, 0.4) is 0 Å². The molecular weight excluding hydrogens is 408 g/mol. The van der Waals surface area contributed by atoms with Gasteiger partial charge in [0.05, 0.1) is 4.90 Å². The summed E-state index contributed by atoms with van der Waals surface area (Å²) in [4.78, 5) is 13.3. The van der Waals surface area contributed by atoms with E-state index in [1.165, 1.54) is 4.31 Å². The highest BCUT2D eigenvalue weighted by molar-refractivity contribution is 7.89. The molecule has 0 aliphatic carbocycles. The van der Waals surface area contributed by atoms with Crippen LogP contribution in [-0.2, 0) is 21.4 Å². The van der Waals surface area contributed by atoms with Gasteiger partial charge in [-0.05, 0) is 47.2 Å². The lowest BCUT2D eigenvalue weighted by molar-refractivity contribution is -0.126. The van der Waals surface area contributed by atoms with Crippen molar-refractivity contribution < 1.29 is 13.2 Å². The standard InChI is InChI=1S/C22H25ClN2O3S/c1-15(2)21(22(26)24-14-17-8-10-18(23)11-9-17)25-13-12-16(3)19-6-4-5-7-20(19)29(25,27)28/h4-11,15,21H,3,12-14H2,1-2H3,(H,24,26)/t21-/m1/s1. The number of nitrogens with zero attached hydrogens (tertiary/aromatic N) is 1. The van der Waals surface area contributed by atoms with E-state index in [1.807, 2.05) is 26.0 Å². The van der Waals surface area contributed by atoms with Crippen molar-refractivity contribution in [3.05, 3.63) is 71.3 Å². The lowest BCUT2D eigenvalue weighted by Crippen LogP contribution is -2.52. The molecular formula is C22H25ClN2O3S. The van der Waals surface area contributed by atoms with Crippen molar-refractivity contribution in [1.29, 1.82) is 0 Å². The predicted molar refractivity (Wildman–Crippen MR) is 116 cm³/mol. The Labute approximate surface area is 177 Å². The van der Waals surface area contributed by atoms with Crippen molar-refractivity contribution in [2.75, 3.05) is 6.54 Å². The molecule has 0 aromatic heterocycles. The molecule has 1 aliphatic rings. The topological polar surface area (TPSA) is 66.5 Å². The number of carbonyl (C=O) groups excluding carboxylic acids is 1. The number of nitrogens with one attached hydrogen (secondary N) is 1. The minimum absolute atomic E-state index is 0.200. The Morgan fingerprint density at radius 2 is 1.83 bits per heavy atom. The maximum atomic E-state index is 13.4. The first-order valence-electron chi connectivity index (χ1n) is 9.53. The summed E-state index contributed by atoms with van der Waals surface area (Å²) in [7, 11) is -3.84. The Morgan fingerprint density at radius 3 is 2.48 bits per heavy atom. The van der Waals surface area contributed by atoms with Gasteiger partial charge in [-0.2, -0.15) is 4.31 Å². The zero-order valence-corrected chi connectivity index (χ0v) is 18.1. The van der Waals surface area contributed by atoms with Gasteiger partial charge in [0.25, 0.3) is 0 Å². The van der Waals surface area contributed by atoms with Gasteiger partial charge >= 0.3 is 0 Å². The quantitative estimate of drug-likeness (QED) is 0.773. The molecule has 0 unspecified atom stereocenters. The molecule has 2 aromatic carbocycles. The molecule has 154 valence electrons. The minimum Gasteiger partial charge on any atom is -0.351 e. The van der Waals surface area contributed by atoms with Crippen LogP contribution in [0.5, 0.6) is 0 Å². The molecule has 1 heterocycles. The summed E-state index contributed by atoms with van der Waals surface area (Å²) in [5.74, 6) is -0.517. The van der Waals surface area contributed by atoms with Crippen LogP contribution in [0.1, 0.15) is 31.4 Å². The SMILES string of the molecule is C=C1CCN([C@@H](C(=O)NCc2ccc(Cl)cc2)C(C)C)S(=O)(=O)c2ccccc21. The van der Waals surface area contributed by atoms with Crippen molar-refractivity contribution in [2.45, 2.75) is 37.8 Å². The highest BCUT2D eigenvalue weighted by Crippen LogP contribution is 2.33. The molecule has 2 aromatic rings. The van der Waals surface area contributed by atoms with Crippen molar-refractivity contribution in [3.63, 3.8) is 0 Å². The van der Waals surface area contributed by atoms with Crippen LogP contribution in [0.25, 0.3) is 5.57 Å². The Morgan fingerprint density at radius 1 is 1.17 bits per heavy atom. The molecule has 0 bridgehead atoms. The van der Waals surface area contributed by atoms with E-state index in [0.29, 0.717) is 23.6 Å². The number of fused-ring (bicyclic) bond motifs is 1. The average Bonchev–Trinajstić information content (AvgIpc) is 2.78. The number of amides is 1. The second kappa shape index (κ2) is 8.69. The van der Waals surface area contributed by atoms with Crippen LogP contribution in [-0.4, -0.2) is 31.2 Å². The summed E-state index contributed by atoms with van der Waals surface area (Å²) in [6, 6.07) is 13.2. The van der Waals surface area contributed by atoms with E-state index in [1.54, 1.807) is 36.4 Å². The zero-order chi connectivity index (χ0) is 21.2. The van der Waals surface area contributed by atoms with Gasteiger partial charge in [0.1, 0.15) is 6.04 Å². The van der Waals surface area contributed by atoms with Gasteiger partial charge < -0.3 is 5.32 Å². The summed E-state index contributed by atoms with van der Waals surface area (Å²) >= 11 is 5.90. The number of carbonyl (C=O) groups is 1. The van der Waals surface area contributed by atoms with E-state index in [9.17, 15) is 13.2 Å².